The normalized spacial score (nSPS) is 11.4. The molecule has 0 bridgehead atoms. The Morgan fingerprint density at radius 1 is 1.23 bits per heavy atom. The Balaban J connectivity index is 2.47. The van der Waals surface area contributed by atoms with Crippen molar-refractivity contribution in [3.8, 4) is 0 Å². The monoisotopic (exact) mass is 318 g/mol. The zero-order valence-corrected chi connectivity index (χ0v) is 13.1. The summed E-state index contributed by atoms with van der Waals surface area (Å²) in [6.07, 6.45) is 0.516. The first-order chi connectivity index (χ1) is 10.5. The summed E-state index contributed by atoms with van der Waals surface area (Å²) in [6.45, 7) is 3.31. The van der Waals surface area contributed by atoms with E-state index in [-0.39, 0.29) is 5.91 Å². The van der Waals surface area contributed by atoms with Crippen LogP contribution in [-0.2, 0) is 4.79 Å². The molecule has 0 N–H and O–H groups in total. The number of aliphatic imine (C=N–C) groups is 1. The van der Waals surface area contributed by atoms with Crippen molar-refractivity contribution in [3.63, 3.8) is 0 Å². The number of benzene rings is 2. The van der Waals surface area contributed by atoms with Gasteiger partial charge in [0.25, 0.3) is 0 Å². The molecule has 0 aromatic heterocycles. The summed E-state index contributed by atoms with van der Waals surface area (Å²) in [5.41, 5.74) is 1.10. The van der Waals surface area contributed by atoms with E-state index in [1.54, 1.807) is 36.4 Å². The number of carbonyl (C=O) groups is 1. The molecule has 0 saturated carbocycles. The van der Waals surface area contributed by atoms with E-state index in [2.05, 4.69) is 4.99 Å². The topological polar surface area (TPSA) is 32.7 Å². The van der Waals surface area contributed by atoms with Crippen LogP contribution < -0.4 is 4.90 Å². The Labute approximate surface area is 134 Å². The van der Waals surface area contributed by atoms with Crippen LogP contribution in [0.4, 0.5) is 15.8 Å². The molecule has 0 fully saturated rings. The van der Waals surface area contributed by atoms with Gasteiger partial charge in [-0.2, -0.15) is 0 Å². The van der Waals surface area contributed by atoms with Gasteiger partial charge in [0, 0.05) is 18.4 Å². The molecule has 22 heavy (non-hydrogen) atoms. The molecule has 0 radical (unpaired) electrons. The minimum absolute atomic E-state index is 0.228. The molecule has 1 amide bonds. The summed E-state index contributed by atoms with van der Waals surface area (Å²) < 4.78 is 13.4. The number of anilines is 1. The van der Waals surface area contributed by atoms with Crippen molar-refractivity contribution in [1.82, 2.24) is 0 Å². The molecule has 0 saturated heterocycles. The van der Waals surface area contributed by atoms with E-state index in [1.165, 1.54) is 24.0 Å². The van der Waals surface area contributed by atoms with Gasteiger partial charge in [-0.05, 0) is 36.4 Å². The van der Waals surface area contributed by atoms with Crippen LogP contribution in [0.25, 0.3) is 0 Å². The fourth-order valence-electron chi connectivity index (χ4n) is 2.11. The van der Waals surface area contributed by atoms with Gasteiger partial charge >= 0.3 is 0 Å². The molecule has 5 heteroatoms. The molecule has 114 valence electrons. The summed E-state index contributed by atoms with van der Waals surface area (Å²) >= 11 is 5.95. The Kier molecular flexibility index (Phi) is 5.28. The lowest BCUT2D eigenvalue weighted by Crippen LogP contribution is -2.34. The molecule has 2 rings (SSSR count). The van der Waals surface area contributed by atoms with Gasteiger partial charge in [-0.25, -0.2) is 9.38 Å². The molecule has 0 aliphatic rings. The number of hydrogen-bond acceptors (Lipinski definition) is 2. The predicted molar refractivity (Wildman–Crippen MR) is 88.4 cm³/mol. The van der Waals surface area contributed by atoms with Crippen molar-refractivity contribution in [2.24, 2.45) is 4.99 Å². The molecule has 0 unspecified atom stereocenters. The molecule has 0 aliphatic heterocycles. The number of nitrogens with zero attached hydrogens (tertiary/aromatic N) is 2. The summed E-state index contributed by atoms with van der Waals surface area (Å²) in [7, 11) is 0. The SMILES string of the molecule is CC/C(=N/c1cccc(Cl)c1)N(C(C)=O)c1cccc(F)c1. The third-order valence-electron chi connectivity index (χ3n) is 3.02. The van der Waals surface area contributed by atoms with Crippen molar-refractivity contribution >= 4 is 34.7 Å². The van der Waals surface area contributed by atoms with Gasteiger partial charge in [0.05, 0.1) is 11.4 Å². The molecule has 0 aliphatic carbocycles. The number of rotatable bonds is 3. The summed E-state index contributed by atoms with van der Waals surface area (Å²) in [4.78, 5) is 17.9. The van der Waals surface area contributed by atoms with Gasteiger partial charge in [-0.1, -0.05) is 30.7 Å². The first-order valence-corrected chi connectivity index (χ1v) is 7.28. The van der Waals surface area contributed by atoms with Gasteiger partial charge in [0.2, 0.25) is 5.91 Å². The quantitative estimate of drug-likeness (QED) is 0.580. The van der Waals surface area contributed by atoms with Crippen molar-refractivity contribution in [2.75, 3.05) is 4.90 Å². The first-order valence-electron chi connectivity index (χ1n) is 6.90. The summed E-state index contributed by atoms with van der Waals surface area (Å²) in [5.74, 6) is -0.101. The van der Waals surface area contributed by atoms with Crippen molar-refractivity contribution < 1.29 is 9.18 Å². The second-order valence-corrected chi connectivity index (χ2v) is 5.13. The number of carbonyl (C=O) groups excluding carboxylic acids is 1. The smallest absolute Gasteiger partial charge is 0.229 e. The minimum atomic E-state index is -0.401. The number of amides is 1. The van der Waals surface area contributed by atoms with Gasteiger partial charge in [-0.3, -0.25) is 9.69 Å². The molecule has 2 aromatic carbocycles. The maximum atomic E-state index is 13.4. The van der Waals surface area contributed by atoms with Crippen molar-refractivity contribution in [2.45, 2.75) is 20.3 Å². The summed E-state index contributed by atoms with van der Waals surface area (Å²) in [5, 5.41) is 0.567. The fourth-order valence-corrected chi connectivity index (χ4v) is 2.29. The Morgan fingerprint density at radius 2 is 1.95 bits per heavy atom. The van der Waals surface area contributed by atoms with Crippen LogP contribution in [-0.4, -0.2) is 11.7 Å². The van der Waals surface area contributed by atoms with Crippen LogP contribution in [0.3, 0.4) is 0 Å². The van der Waals surface area contributed by atoms with E-state index in [9.17, 15) is 9.18 Å². The highest BCUT2D eigenvalue weighted by atomic mass is 35.5. The number of amidine groups is 1. The Bertz CT molecular complexity index is 715. The zero-order valence-electron chi connectivity index (χ0n) is 12.4. The second kappa shape index (κ2) is 7.18. The molecule has 2 aromatic rings. The molecular formula is C17H16ClFN2O. The van der Waals surface area contributed by atoms with E-state index in [4.69, 9.17) is 11.6 Å². The maximum Gasteiger partial charge on any atom is 0.229 e. The molecule has 0 atom stereocenters. The van der Waals surface area contributed by atoms with Gasteiger partial charge in [0.1, 0.15) is 11.7 Å². The van der Waals surface area contributed by atoms with E-state index in [0.29, 0.717) is 28.7 Å². The van der Waals surface area contributed by atoms with Gasteiger partial charge in [0.15, 0.2) is 0 Å². The average molecular weight is 319 g/mol. The van der Waals surface area contributed by atoms with Crippen LogP contribution in [0, 0.1) is 5.82 Å². The number of halogens is 2. The van der Waals surface area contributed by atoms with Crippen LogP contribution in [0.2, 0.25) is 5.02 Å². The highest BCUT2D eigenvalue weighted by molar-refractivity contribution is 6.30. The van der Waals surface area contributed by atoms with E-state index >= 15 is 0 Å². The van der Waals surface area contributed by atoms with E-state index < -0.39 is 5.82 Å². The van der Waals surface area contributed by atoms with E-state index in [1.807, 2.05) is 6.92 Å². The highest BCUT2D eigenvalue weighted by Crippen LogP contribution is 2.22. The second-order valence-electron chi connectivity index (χ2n) is 4.70. The third-order valence-corrected chi connectivity index (χ3v) is 3.26. The standard InChI is InChI=1S/C17H16ClFN2O/c1-3-17(20-15-8-4-6-13(18)10-15)21(12(2)22)16-9-5-7-14(19)11-16/h4-11H,3H2,1-2H3/b20-17-. The zero-order chi connectivity index (χ0) is 16.1. The lowest BCUT2D eigenvalue weighted by atomic mass is 10.2. The molecule has 0 heterocycles. The Hall–Kier alpha value is -2.20. The molecular weight excluding hydrogens is 303 g/mol. The lowest BCUT2D eigenvalue weighted by molar-refractivity contribution is -0.115. The third kappa shape index (κ3) is 3.92. The average Bonchev–Trinajstić information content (AvgIpc) is 2.46. The van der Waals surface area contributed by atoms with Crippen molar-refractivity contribution in [3.05, 3.63) is 59.4 Å². The molecule has 0 spiro atoms. The van der Waals surface area contributed by atoms with Crippen LogP contribution in [0.15, 0.2) is 53.5 Å². The predicted octanol–water partition coefficient (Wildman–Crippen LogP) is 4.97. The number of hydrogen-bond donors (Lipinski definition) is 0. The van der Waals surface area contributed by atoms with E-state index in [0.717, 1.165) is 0 Å². The fraction of sp³-hybridized carbons (Fsp3) is 0.176. The van der Waals surface area contributed by atoms with Crippen LogP contribution in [0.1, 0.15) is 20.3 Å². The molecule has 3 nitrogen and oxygen atoms in total. The maximum absolute atomic E-state index is 13.4. The summed E-state index contributed by atoms with van der Waals surface area (Å²) in [6, 6.07) is 12.9. The van der Waals surface area contributed by atoms with Gasteiger partial charge in [-0.15, -0.1) is 0 Å². The lowest BCUT2D eigenvalue weighted by Gasteiger charge is -2.22. The minimum Gasteiger partial charge on any atom is -0.274 e. The van der Waals surface area contributed by atoms with Crippen molar-refractivity contribution in [1.29, 1.82) is 0 Å². The largest absolute Gasteiger partial charge is 0.274 e. The highest BCUT2D eigenvalue weighted by Gasteiger charge is 2.17. The van der Waals surface area contributed by atoms with Crippen LogP contribution >= 0.6 is 11.6 Å². The first kappa shape index (κ1) is 16.2. The Morgan fingerprint density at radius 3 is 2.55 bits per heavy atom. The van der Waals surface area contributed by atoms with Gasteiger partial charge < -0.3 is 0 Å². The van der Waals surface area contributed by atoms with Crippen LogP contribution in [0.5, 0.6) is 0 Å².